The van der Waals surface area contributed by atoms with Crippen molar-refractivity contribution < 1.29 is 14.3 Å². The van der Waals surface area contributed by atoms with Gasteiger partial charge in [0.15, 0.2) is 0 Å². The number of nitrogens with one attached hydrogen (secondary N) is 1. The summed E-state index contributed by atoms with van der Waals surface area (Å²) in [5, 5.41) is 3.33. The van der Waals surface area contributed by atoms with Gasteiger partial charge in [0.2, 0.25) is 0 Å². The van der Waals surface area contributed by atoms with Crippen LogP contribution in [0.2, 0.25) is 0 Å². The average Bonchev–Trinajstić information content (AvgIpc) is 2.80. The maximum absolute atomic E-state index is 11.1. The highest BCUT2D eigenvalue weighted by atomic mass is 32.1. The van der Waals surface area contributed by atoms with Gasteiger partial charge in [-0.3, -0.25) is 4.79 Å². The van der Waals surface area contributed by atoms with Crippen LogP contribution in [-0.4, -0.2) is 32.8 Å². The second-order valence-corrected chi connectivity index (χ2v) is 6.02. The second kappa shape index (κ2) is 9.07. The molecule has 0 aromatic carbocycles. The lowest BCUT2D eigenvalue weighted by molar-refractivity contribution is -0.139. The van der Waals surface area contributed by atoms with E-state index in [9.17, 15) is 4.79 Å². The first-order valence-electron chi connectivity index (χ1n) is 6.54. The van der Waals surface area contributed by atoms with Gasteiger partial charge in [0.25, 0.3) is 0 Å². The van der Waals surface area contributed by atoms with Crippen molar-refractivity contribution in [2.45, 2.75) is 26.8 Å². The van der Waals surface area contributed by atoms with Gasteiger partial charge in [0.1, 0.15) is 0 Å². The summed E-state index contributed by atoms with van der Waals surface area (Å²) in [5.74, 6) is 0.390. The summed E-state index contributed by atoms with van der Waals surface area (Å²) in [6.45, 7) is 7.49. The first-order chi connectivity index (χ1) is 9.11. The highest BCUT2D eigenvalue weighted by Crippen LogP contribution is 2.17. The Morgan fingerprint density at radius 2 is 2.11 bits per heavy atom. The maximum Gasteiger partial charge on any atom is 0.310 e. The first kappa shape index (κ1) is 16.1. The molecule has 1 heterocycles. The zero-order valence-corrected chi connectivity index (χ0v) is 12.7. The molecule has 0 bridgehead atoms. The lowest BCUT2D eigenvalue weighted by atomic mass is 10.2. The summed E-state index contributed by atoms with van der Waals surface area (Å²) in [5.41, 5.74) is 0. The summed E-state index contributed by atoms with van der Waals surface area (Å²) in [6.07, 6.45) is 0.360. The quantitative estimate of drug-likeness (QED) is 0.558. The van der Waals surface area contributed by atoms with Crippen LogP contribution in [0.1, 0.15) is 23.6 Å². The Labute approximate surface area is 119 Å². The lowest BCUT2D eigenvalue weighted by Gasteiger charge is -2.07. The summed E-state index contributed by atoms with van der Waals surface area (Å²) < 4.78 is 10.1. The summed E-state index contributed by atoms with van der Waals surface area (Å²) in [7, 11) is 1.41. The zero-order chi connectivity index (χ0) is 14.1. The van der Waals surface area contributed by atoms with Gasteiger partial charge < -0.3 is 14.8 Å². The van der Waals surface area contributed by atoms with E-state index in [4.69, 9.17) is 4.74 Å². The van der Waals surface area contributed by atoms with Crippen molar-refractivity contribution >= 4 is 17.3 Å². The Balaban J connectivity index is 2.14. The first-order valence-corrected chi connectivity index (χ1v) is 7.36. The minimum absolute atomic E-state index is 0.191. The van der Waals surface area contributed by atoms with Gasteiger partial charge in [-0.15, -0.1) is 11.3 Å². The molecule has 4 nitrogen and oxygen atoms in total. The average molecular weight is 285 g/mol. The number of rotatable bonds is 9. The van der Waals surface area contributed by atoms with E-state index in [1.54, 1.807) is 11.3 Å². The molecule has 0 aliphatic rings. The van der Waals surface area contributed by atoms with Crippen molar-refractivity contribution in [2.75, 3.05) is 26.9 Å². The molecule has 0 unspecified atom stereocenters. The van der Waals surface area contributed by atoms with Crippen LogP contribution in [0.25, 0.3) is 0 Å². The molecular weight excluding hydrogens is 262 g/mol. The number of esters is 1. The highest BCUT2D eigenvalue weighted by Gasteiger charge is 2.05. The molecule has 0 saturated heterocycles. The van der Waals surface area contributed by atoms with Crippen molar-refractivity contribution in [2.24, 2.45) is 5.92 Å². The van der Waals surface area contributed by atoms with E-state index in [-0.39, 0.29) is 5.97 Å². The molecule has 0 aliphatic carbocycles. The number of thiophene rings is 1. The number of hydrogen-bond acceptors (Lipinski definition) is 5. The minimum Gasteiger partial charge on any atom is -0.469 e. The Bertz CT molecular complexity index is 377. The number of methoxy groups -OCH3 is 1. The third kappa shape index (κ3) is 7.30. The largest absolute Gasteiger partial charge is 0.469 e. The fourth-order valence-corrected chi connectivity index (χ4v) is 2.47. The summed E-state index contributed by atoms with van der Waals surface area (Å²) in [4.78, 5) is 13.4. The summed E-state index contributed by atoms with van der Waals surface area (Å²) in [6, 6.07) is 4.03. The topological polar surface area (TPSA) is 47.6 Å². The van der Waals surface area contributed by atoms with Gasteiger partial charge in [-0.25, -0.2) is 0 Å². The van der Waals surface area contributed by atoms with Crippen molar-refractivity contribution in [3.63, 3.8) is 0 Å². The van der Waals surface area contributed by atoms with E-state index >= 15 is 0 Å². The van der Waals surface area contributed by atoms with Crippen molar-refractivity contribution in [3.8, 4) is 0 Å². The van der Waals surface area contributed by atoms with Crippen LogP contribution < -0.4 is 5.32 Å². The van der Waals surface area contributed by atoms with Crippen LogP contribution in [-0.2, 0) is 27.2 Å². The molecule has 0 fully saturated rings. The van der Waals surface area contributed by atoms with Crippen LogP contribution >= 0.6 is 11.3 Å². The number of carbonyl (C=O) groups is 1. The highest BCUT2D eigenvalue weighted by molar-refractivity contribution is 7.12. The third-order valence-electron chi connectivity index (χ3n) is 2.44. The van der Waals surface area contributed by atoms with Gasteiger partial charge in [0, 0.05) is 29.5 Å². The minimum atomic E-state index is -0.191. The van der Waals surface area contributed by atoms with Gasteiger partial charge in [-0.1, -0.05) is 13.8 Å². The van der Waals surface area contributed by atoms with E-state index in [1.165, 1.54) is 12.0 Å². The van der Waals surface area contributed by atoms with E-state index in [0.717, 1.165) is 31.2 Å². The molecule has 0 saturated carbocycles. The summed E-state index contributed by atoms with van der Waals surface area (Å²) >= 11 is 1.64. The van der Waals surface area contributed by atoms with Crippen LogP contribution in [0.4, 0.5) is 0 Å². The van der Waals surface area contributed by atoms with Gasteiger partial charge in [0.05, 0.1) is 20.1 Å². The molecule has 1 aromatic heterocycles. The van der Waals surface area contributed by atoms with E-state index < -0.39 is 0 Å². The molecule has 1 aromatic rings. The normalized spacial score (nSPS) is 10.9. The standard InChI is InChI=1S/C14H23NO3S/c1-11(2)10-18-7-6-15-9-13-5-4-12(19-13)8-14(16)17-3/h4-5,11,15H,6-10H2,1-3H3. The van der Waals surface area contributed by atoms with Crippen LogP contribution in [0.5, 0.6) is 0 Å². The van der Waals surface area contributed by atoms with Crippen LogP contribution in [0, 0.1) is 5.92 Å². The smallest absolute Gasteiger partial charge is 0.310 e. The fraction of sp³-hybridized carbons (Fsp3) is 0.643. The Kier molecular flexibility index (Phi) is 7.70. The predicted molar refractivity (Wildman–Crippen MR) is 77.4 cm³/mol. The molecular formula is C14H23NO3S. The molecule has 19 heavy (non-hydrogen) atoms. The molecule has 5 heteroatoms. The van der Waals surface area contributed by atoms with E-state index in [1.807, 2.05) is 12.1 Å². The van der Waals surface area contributed by atoms with Gasteiger partial charge >= 0.3 is 5.97 Å². The Hall–Kier alpha value is -0.910. The lowest BCUT2D eigenvalue weighted by Crippen LogP contribution is -2.19. The SMILES string of the molecule is COC(=O)Cc1ccc(CNCCOCC(C)C)s1. The van der Waals surface area contributed by atoms with Gasteiger partial charge in [-0.2, -0.15) is 0 Å². The molecule has 0 radical (unpaired) electrons. The van der Waals surface area contributed by atoms with Crippen molar-refractivity contribution in [1.82, 2.24) is 5.32 Å². The molecule has 0 aliphatic heterocycles. The zero-order valence-electron chi connectivity index (χ0n) is 11.9. The number of carbonyl (C=O) groups excluding carboxylic acids is 1. The Morgan fingerprint density at radius 1 is 1.37 bits per heavy atom. The van der Waals surface area contributed by atoms with Crippen molar-refractivity contribution in [1.29, 1.82) is 0 Å². The molecule has 1 N–H and O–H groups in total. The van der Waals surface area contributed by atoms with Crippen molar-refractivity contribution in [3.05, 3.63) is 21.9 Å². The fourth-order valence-electron chi connectivity index (χ4n) is 1.50. The molecule has 108 valence electrons. The third-order valence-corrected chi connectivity index (χ3v) is 3.52. The van der Waals surface area contributed by atoms with E-state index in [0.29, 0.717) is 12.3 Å². The van der Waals surface area contributed by atoms with Crippen LogP contribution in [0.15, 0.2) is 12.1 Å². The molecule has 0 amide bonds. The second-order valence-electron chi connectivity index (χ2n) is 4.77. The van der Waals surface area contributed by atoms with Gasteiger partial charge in [-0.05, 0) is 18.1 Å². The number of ether oxygens (including phenoxy) is 2. The monoisotopic (exact) mass is 285 g/mol. The number of hydrogen-bond donors (Lipinski definition) is 1. The van der Waals surface area contributed by atoms with Crippen LogP contribution in [0.3, 0.4) is 0 Å². The Morgan fingerprint density at radius 3 is 2.79 bits per heavy atom. The molecule has 1 rings (SSSR count). The predicted octanol–water partition coefficient (Wildman–Crippen LogP) is 2.23. The van der Waals surface area contributed by atoms with E-state index in [2.05, 4.69) is 23.9 Å². The molecule has 0 spiro atoms. The molecule has 0 atom stereocenters. The maximum atomic E-state index is 11.1.